The van der Waals surface area contributed by atoms with E-state index < -0.39 is 12.0 Å². The summed E-state index contributed by atoms with van der Waals surface area (Å²) >= 11 is 1.48. The normalized spacial score (nSPS) is 17.0. The predicted molar refractivity (Wildman–Crippen MR) is 139 cm³/mol. The topological polar surface area (TPSA) is 83.9 Å². The van der Waals surface area contributed by atoms with E-state index >= 15 is 0 Å². The summed E-state index contributed by atoms with van der Waals surface area (Å²) in [4.78, 5) is 37.0. The molecule has 0 radical (unpaired) electrons. The number of nitrogens with one attached hydrogen (secondary N) is 1. The summed E-state index contributed by atoms with van der Waals surface area (Å²) in [5, 5.41) is 5.73. The Kier molecular flexibility index (Phi) is 7.70. The number of aliphatic imine (C=N–C) groups is 1. The smallest absolute Gasteiger partial charge is 0.338 e. The van der Waals surface area contributed by atoms with Crippen molar-refractivity contribution in [3.8, 4) is 0 Å². The maximum Gasteiger partial charge on any atom is 0.338 e. The Hall–Kier alpha value is -3.39. The summed E-state index contributed by atoms with van der Waals surface area (Å²) in [6, 6.07) is 11.6. The van der Waals surface area contributed by atoms with Crippen molar-refractivity contribution in [3.63, 3.8) is 0 Å². The van der Waals surface area contributed by atoms with E-state index in [0.29, 0.717) is 25.0 Å². The van der Waals surface area contributed by atoms with Gasteiger partial charge in [0.15, 0.2) is 5.17 Å². The van der Waals surface area contributed by atoms with Gasteiger partial charge in [-0.25, -0.2) is 9.79 Å². The Balaban J connectivity index is 1.60. The van der Waals surface area contributed by atoms with Crippen molar-refractivity contribution in [2.75, 3.05) is 13.7 Å². The number of thioether (sulfide) groups is 1. The molecule has 7 nitrogen and oxygen atoms in total. The SMILES string of the molecule is CCC1=C(C(=O)OC)C(c2ccc(C)cc2C)N2C(CC(=O)NCCc3ccccn3)=CSC2=N1. The van der Waals surface area contributed by atoms with E-state index in [1.807, 2.05) is 55.3 Å². The number of fused-ring (bicyclic) bond motifs is 1. The molecule has 1 atom stereocenters. The molecule has 2 aliphatic heterocycles. The maximum atomic E-state index is 13.0. The number of allylic oxidation sites excluding steroid dienone is 1. The van der Waals surface area contributed by atoms with Crippen LogP contribution in [0.4, 0.5) is 0 Å². The minimum atomic E-state index is -0.409. The molecule has 2 aromatic rings. The number of amidine groups is 1. The molecule has 3 heterocycles. The summed E-state index contributed by atoms with van der Waals surface area (Å²) in [6.45, 7) is 6.58. The zero-order valence-electron chi connectivity index (χ0n) is 20.5. The van der Waals surface area contributed by atoms with E-state index in [9.17, 15) is 9.59 Å². The molecule has 35 heavy (non-hydrogen) atoms. The maximum absolute atomic E-state index is 13.0. The van der Waals surface area contributed by atoms with E-state index in [0.717, 1.165) is 38.9 Å². The van der Waals surface area contributed by atoms with Crippen LogP contribution in [0.25, 0.3) is 0 Å². The highest BCUT2D eigenvalue weighted by Crippen LogP contribution is 2.46. The minimum absolute atomic E-state index is 0.0849. The van der Waals surface area contributed by atoms with Crippen LogP contribution in [0.5, 0.6) is 0 Å². The molecule has 1 aromatic carbocycles. The fourth-order valence-corrected chi connectivity index (χ4v) is 5.38. The van der Waals surface area contributed by atoms with Crippen molar-refractivity contribution >= 4 is 28.8 Å². The molecular weight excluding hydrogens is 460 g/mol. The van der Waals surface area contributed by atoms with Crippen molar-refractivity contribution < 1.29 is 14.3 Å². The number of hydrogen-bond donors (Lipinski definition) is 1. The second-order valence-electron chi connectivity index (χ2n) is 8.56. The number of carbonyl (C=O) groups is 2. The van der Waals surface area contributed by atoms with Gasteiger partial charge < -0.3 is 15.0 Å². The van der Waals surface area contributed by atoms with Crippen LogP contribution < -0.4 is 5.32 Å². The molecule has 0 saturated carbocycles. The third kappa shape index (κ3) is 5.32. The van der Waals surface area contributed by atoms with E-state index in [1.54, 1.807) is 6.20 Å². The third-order valence-electron chi connectivity index (χ3n) is 6.12. The van der Waals surface area contributed by atoms with Crippen molar-refractivity contribution in [1.82, 2.24) is 15.2 Å². The van der Waals surface area contributed by atoms with Gasteiger partial charge in [0.25, 0.3) is 0 Å². The first kappa shape index (κ1) is 24.7. The molecule has 0 fully saturated rings. The molecule has 0 spiro atoms. The molecule has 1 aromatic heterocycles. The lowest BCUT2D eigenvalue weighted by atomic mass is 9.89. The quantitative estimate of drug-likeness (QED) is 0.545. The number of ether oxygens (including phenoxy) is 1. The Labute approximate surface area is 210 Å². The number of nitrogens with zero attached hydrogens (tertiary/aromatic N) is 3. The van der Waals surface area contributed by atoms with Crippen LogP contribution in [-0.2, 0) is 20.7 Å². The van der Waals surface area contributed by atoms with Gasteiger partial charge >= 0.3 is 5.97 Å². The average molecular weight is 491 g/mol. The summed E-state index contributed by atoms with van der Waals surface area (Å²) < 4.78 is 5.19. The van der Waals surface area contributed by atoms with Gasteiger partial charge in [-0.15, -0.1) is 0 Å². The number of methoxy groups -OCH3 is 1. The first-order valence-corrected chi connectivity index (χ1v) is 12.6. The van der Waals surface area contributed by atoms with Gasteiger partial charge in [0.05, 0.1) is 30.8 Å². The summed E-state index contributed by atoms with van der Waals surface area (Å²) in [5.74, 6) is -0.482. The molecule has 4 rings (SSSR count). The van der Waals surface area contributed by atoms with Crippen molar-refractivity contribution in [3.05, 3.63) is 87.4 Å². The lowest BCUT2D eigenvalue weighted by Gasteiger charge is -2.37. The second kappa shape index (κ2) is 10.9. The molecule has 1 unspecified atom stereocenters. The van der Waals surface area contributed by atoms with Crippen LogP contribution in [0.3, 0.4) is 0 Å². The Morgan fingerprint density at radius 3 is 2.71 bits per heavy atom. The highest BCUT2D eigenvalue weighted by Gasteiger charge is 2.41. The van der Waals surface area contributed by atoms with Crippen LogP contribution in [-0.4, -0.2) is 40.6 Å². The molecule has 1 amide bonds. The van der Waals surface area contributed by atoms with Crippen LogP contribution in [0.15, 0.2) is 70.0 Å². The van der Waals surface area contributed by atoms with Gasteiger partial charge in [-0.05, 0) is 48.9 Å². The number of rotatable bonds is 8. The summed E-state index contributed by atoms with van der Waals surface area (Å²) in [6.07, 6.45) is 3.20. The van der Waals surface area contributed by atoms with Gasteiger partial charge in [-0.2, -0.15) is 0 Å². The Morgan fingerprint density at radius 1 is 1.20 bits per heavy atom. The first-order chi connectivity index (χ1) is 16.9. The van der Waals surface area contributed by atoms with Crippen molar-refractivity contribution in [1.29, 1.82) is 0 Å². The van der Waals surface area contributed by atoms with Crippen LogP contribution >= 0.6 is 11.8 Å². The molecule has 0 saturated heterocycles. The lowest BCUT2D eigenvalue weighted by Crippen LogP contribution is -2.38. The number of esters is 1. The zero-order valence-corrected chi connectivity index (χ0v) is 21.3. The van der Waals surface area contributed by atoms with E-state index in [1.165, 1.54) is 18.9 Å². The van der Waals surface area contributed by atoms with Gasteiger partial charge in [-0.3, -0.25) is 9.78 Å². The van der Waals surface area contributed by atoms with E-state index in [4.69, 9.17) is 9.73 Å². The number of amides is 1. The minimum Gasteiger partial charge on any atom is -0.466 e. The molecular formula is C27H30N4O3S. The third-order valence-corrected chi connectivity index (χ3v) is 7.01. The number of aromatic nitrogens is 1. The molecule has 1 N–H and O–H groups in total. The van der Waals surface area contributed by atoms with Gasteiger partial charge in [-0.1, -0.05) is 48.5 Å². The van der Waals surface area contributed by atoms with Gasteiger partial charge in [0.1, 0.15) is 0 Å². The Morgan fingerprint density at radius 2 is 2.03 bits per heavy atom. The summed E-state index contributed by atoms with van der Waals surface area (Å²) in [5.41, 5.74) is 6.20. The monoisotopic (exact) mass is 490 g/mol. The fourth-order valence-electron chi connectivity index (χ4n) is 4.44. The van der Waals surface area contributed by atoms with Crippen LogP contribution in [0, 0.1) is 13.8 Å². The standard InChI is InChI=1S/C27H30N4O3S/c1-5-22-24(26(33)34-4)25(21-10-9-17(2)14-18(21)3)31-20(16-35-27(31)30-22)15-23(32)29-13-11-19-8-6-7-12-28-19/h6-10,12,14,16,25H,5,11,13,15H2,1-4H3,(H,29,32). The lowest BCUT2D eigenvalue weighted by molar-refractivity contribution is -0.136. The summed E-state index contributed by atoms with van der Waals surface area (Å²) in [7, 11) is 1.39. The molecule has 0 bridgehead atoms. The number of aryl methyl sites for hydroxylation is 2. The van der Waals surface area contributed by atoms with Crippen LogP contribution in [0.2, 0.25) is 0 Å². The fraction of sp³-hybridized carbons (Fsp3) is 0.333. The molecule has 2 aliphatic rings. The Bertz CT molecular complexity index is 1220. The molecule has 182 valence electrons. The van der Waals surface area contributed by atoms with Crippen molar-refractivity contribution in [2.24, 2.45) is 4.99 Å². The highest BCUT2D eigenvalue weighted by atomic mass is 32.2. The molecule has 8 heteroatoms. The van der Waals surface area contributed by atoms with Gasteiger partial charge in [0, 0.05) is 30.6 Å². The number of hydrogen-bond acceptors (Lipinski definition) is 7. The molecule has 0 aliphatic carbocycles. The van der Waals surface area contributed by atoms with Crippen molar-refractivity contribution in [2.45, 2.75) is 46.1 Å². The number of carbonyl (C=O) groups excluding carboxylic acids is 2. The van der Waals surface area contributed by atoms with E-state index in [2.05, 4.69) is 22.4 Å². The zero-order chi connectivity index (χ0) is 24.9. The van der Waals surface area contributed by atoms with Crippen LogP contribution in [0.1, 0.15) is 48.2 Å². The highest BCUT2D eigenvalue weighted by molar-refractivity contribution is 8.16. The second-order valence-corrected chi connectivity index (χ2v) is 9.39. The van der Waals surface area contributed by atoms with E-state index in [-0.39, 0.29) is 12.3 Å². The van der Waals surface area contributed by atoms with Gasteiger partial charge in [0.2, 0.25) is 5.91 Å². The predicted octanol–water partition coefficient (Wildman–Crippen LogP) is 4.59. The number of pyridine rings is 1. The average Bonchev–Trinajstić information content (AvgIpc) is 3.25. The largest absolute Gasteiger partial charge is 0.466 e. The first-order valence-electron chi connectivity index (χ1n) is 11.7. The number of benzene rings is 1.